The Hall–Kier alpha value is -2.21. The first kappa shape index (κ1) is 14.2. The molecule has 2 aromatic rings. The Morgan fingerprint density at radius 2 is 1.55 bits per heavy atom. The zero-order valence-corrected chi connectivity index (χ0v) is 11.6. The maximum absolute atomic E-state index is 12.4. The minimum absolute atomic E-state index is 0.0574. The lowest BCUT2D eigenvalue weighted by Gasteiger charge is -2.13. The Labute approximate surface area is 116 Å². The highest BCUT2D eigenvalue weighted by Gasteiger charge is 2.24. The van der Waals surface area contributed by atoms with E-state index in [4.69, 9.17) is 0 Å². The lowest BCUT2D eigenvalue weighted by molar-refractivity contribution is -0.384. The molecule has 0 saturated heterocycles. The smallest absolute Gasteiger partial charge is 0.258 e. The van der Waals surface area contributed by atoms with E-state index in [9.17, 15) is 18.5 Å². The molecule has 0 N–H and O–H groups in total. The van der Waals surface area contributed by atoms with Gasteiger partial charge in [0, 0.05) is 12.1 Å². The SMILES string of the molecule is C[C@@H](c1ccc([N+](=O)[O-])cc1)S(=O)(=O)c1ccccc1. The van der Waals surface area contributed by atoms with Crippen LogP contribution in [0.2, 0.25) is 0 Å². The number of hydrogen-bond acceptors (Lipinski definition) is 4. The molecule has 6 heteroatoms. The third-order valence-corrected chi connectivity index (χ3v) is 5.24. The average Bonchev–Trinajstić information content (AvgIpc) is 2.47. The summed E-state index contributed by atoms with van der Waals surface area (Å²) in [5.41, 5.74) is 0.470. The number of sulfone groups is 1. The molecule has 0 aromatic heterocycles. The van der Waals surface area contributed by atoms with Gasteiger partial charge in [-0.3, -0.25) is 10.1 Å². The van der Waals surface area contributed by atoms with Crippen LogP contribution in [-0.2, 0) is 9.84 Å². The standard InChI is InChI=1S/C14H13NO4S/c1-11(12-7-9-13(10-8-12)15(16)17)20(18,19)14-5-3-2-4-6-14/h2-11H,1H3/t11-/m0/s1. The number of non-ortho nitro benzene ring substituents is 1. The molecule has 0 fully saturated rings. The molecular formula is C14H13NO4S. The van der Waals surface area contributed by atoms with Gasteiger partial charge in [-0.1, -0.05) is 30.3 Å². The Morgan fingerprint density at radius 3 is 2.05 bits per heavy atom. The van der Waals surface area contributed by atoms with Gasteiger partial charge in [0.15, 0.2) is 9.84 Å². The lowest BCUT2D eigenvalue weighted by Crippen LogP contribution is -2.10. The number of rotatable bonds is 4. The molecule has 0 heterocycles. The predicted octanol–water partition coefficient (Wildman–Crippen LogP) is 3.13. The second-order valence-corrected chi connectivity index (χ2v) is 6.62. The molecule has 0 aliphatic carbocycles. The van der Waals surface area contributed by atoms with Crippen LogP contribution in [0.25, 0.3) is 0 Å². The van der Waals surface area contributed by atoms with Crippen molar-refractivity contribution in [1.82, 2.24) is 0 Å². The third kappa shape index (κ3) is 2.70. The van der Waals surface area contributed by atoms with Crippen molar-refractivity contribution in [1.29, 1.82) is 0 Å². The summed E-state index contributed by atoms with van der Waals surface area (Å²) in [4.78, 5) is 10.3. The van der Waals surface area contributed by atoms with E-state index < -0.39 is 20.0 Å². The highest BCUT2D eigenvalue weighted by atomic mass is 32.2. The molecule has 0 aliphatic rings. The van der Waals surface area contributed by atoms with Crippen molar-refractivity contribution in [2.45, 2.75) is 17.1 Å². The number of nitro groups is 1. The summed E-state index contributed by atoms with van der Waals surface area (Å²) in [6, 6.07) is 13.7. The average molecular weight is 291 g/mol. The van der Waals surface area contributed by atoms with Crippen molar-refractivity contribution in [3.63, 3.8) is 0 Å². The predicted molar refractivity (Wildman–Crippen MR) is 75.1 cm³/mol. The summed E-state index contributed by atoms with van der Waals surface area (Å²) in [5, 5.41) is 9.83. The van der Waals surface area contributed by atoms with Crippen LogP contribution in [0, 0.1) is 10.1 Å². The van der Waals surface area contributed by atoms with E-state index in [1.54, 1.807) is 25.1 Å². The summed E-state index contributed by atoms with van der Waals surface area (Å²) < 4.78 is 24.8. The molecule has 0 radical (unpaired) electrons. The van der Waals surface area contributed by atoms with Gasteiger partial charge in [-0.05, 0) is 24.6 Å². The molecule has 0 spiro atoms. The van der Waals surface area contributed by atoms with Crippen molar-refractivity contribution in [3.05, 3.63) is 70.3 Å². The molecule has 0 saturated carbocycles. The van der Waals surface area contributed by atoms with Gasteiger partial charge >= 0.3 is 0 Å². The molecular weight excluding hydrogens is 278 g/mol. The second kappa shape index (κ2) is 5.42. The third-order valence-electron chi connectivity index (χ3n) is 3.11. The summed E-state index contributed by atoms with van der Waals surface area (Å²) >= 11 is 0. The Kier molecular flexibility index (Phi) is 3.85. The molecule has 104 valence electrons. The van der Waals surface area contributed by atoms with Crippen LogP contribution in [0.4, 0.5) is 5.69 Å². The Bertz CT molecular complexity index is 709. The van der Waals surface area contributed by atoms with E-state index in [-0.39, 0.29) is 10.6 Å². The second-order valence-electron chi connectivity index (χ2n) is 4.35. The molecule has 0 bridgehead atoms. The van der Waals surface area contributed by atoms with E-state index in [0.717, 1.165) is 0 Å². The van der Waals surface area contributed by atoms with E-state index in [1.807, 2.05) is 0 Å². The summed E-state index contributed by atoms with van der Waals surface area (Å²) in [7, 11) is -3.49. The highest BCUT2D eigenvalue weighted by Crippen LogP contribution is 2.29. The minimum atomic E-state index is -3.49. The summed E-state index contributed by atoms with van der Waals surface area (Å²) in [5.74, 6) is 0. The molecule has 1 atom stereocenters. The topological polar surface area (TPSA) is 77.3 Å². The molecule has 20 heavy (non-hydrogen) atoms. The summed E-state index contributed by atoms with van der Waals surface area (Å²) in [6.07, 6.45) is 0. The maximum Gasteiger partial charge on any atom is 0.269 e. The van der Waals surface area contributed by atoms with Gasteiger partial charge in [-0.2, -0.15) is 0 Å². The number of nitro benzene ring substituents is 1. The number of hydrogen-bond donors (Lipinski definition) is 0. The molecule has 0 aliphatic heterocycles. The van der Waals surface area contributed by atoms with Crippen molar-refractivity contribution >= 4 is 15.5 Å². The number of benzene rings is 2. The van der Waals surface area contributed by atoms with E-state index in [1.165, 1.54) is 36.4 Å². The van der Waals surface area contributed by atoms with Crippen LogP contribution in [0.15, 0.2) is 59.5 Å². The minimum Gasteiger partial charge on any atom is -0.258 e. The quantitative estimate of drug-likeness (QED) is 0.640. The zero-order valence-electron chi connectivity index (χ0n) is 10.8. The van der Waals surface area contributed by atoms with Gasteiger partial charge in [0.1, 0.15) is 0 Å². The van der Waals surface area contributed by atoms with E-state index in [2.05, 4.69) is 0 Å². The van der Waals surface area contributed by atoms with Crippen molar-refractivity contribution in [2.24, 2.45) is 0 Å². The van der Waals surface area contributed by atoms with Crippen molar-refractivity contribution in [2.75, 3.05) is 0 Å². The molecule has 0 unspecified atom stereocenters. The van der Waals surface area contributed by atoms with Gasteiger partial charge in [0.2, 0.25) is 0 Å². The molecule has 0 amide bonds. The Balaban J connectivity index is 2.36. The highest BCUT2D eigenvalue weighted by molar-refractivity contribution is 7.91. The normalized spacial score (nSPS) is 12.8. The zero-order chi connectivity index (χ0) is 14.8. The fraction of sp³-hybridized carbons (Fsp3) is 0.143. The van der Waals surface area contributed by atoms with Crippen LogP contribution in [0.3, 0.4) is 0 Å². The largest absolute Gasteiger partial charge is 0.269 e. The van der Waals surface area contributed by atoms with Crippen LogP contribution >= 0.6 is 0 Å². The van der Waals surface area contributed by atoms with Gasteiger partial charge in [0.25, 0.3) is 5.69 Å². The maximum atomic E-state index is 12.4. The van der Waals surface area contributed by atoms with Crippen LogP contribution in [-0.4, -0.2) is 13.3 Å². The van der Waals surface area contributed by atoms with Crippen LogP contribution in [0.1, 0.15) is 17.7 Å². The van der Waals surface area contributed by atoms with E-state index in [0.29, 0.717) is 5.56 Å². The van der Waals surface area contributed by atoms with Gasteiger partial charge in [-0.15, -0.1) is 0 Å². The molecule has 2 aromatic carbocycles. The fourth-order valence-electron chi connectivity index (χ4n) is 1.86. The van der Waals surface area contributed by atoms with Crippen LogP contribution in [0.5, 0.6) is 0 Å². The van der Waals surface area contributed by atoms with Crippen LogP contribution < -0.4 is 0 Å². The first-order chi connectivity index (χ1) is 9.43. The first-order valence-corrected chi connectivity index (χ1v) is 7.51. The summed E-state index contributed by atoms with van der Waals surface area (Å²) in [6.45, 7) is 1.57. The monoisotopic (exact) mass is 291 g/mol. The molecule has 5 nitrogen and oxygen atoms in total. The lowest BCUT2D eigenvalue weighted by atomic mass is 10.1. The van der Waals surface area contributed by atoms with Crippen molar-refractivity contribution < 1.29 is 13.3 Å². The van der Waals surface area contributed by atoms with Gasteiger partial charge < -0.3 is 0 Å². The number of nitrogens with zero attached hydrogens (tertiary/aromatic N) is 1. The first-order valence-electron chi connectivity index (χ1n) is 5.96. The van der Waals surface area contributed by atoms with E-state index >= 15 is 0 Å². The van der Waals surface area contributed by atoms with Crippen molar-refractivity contribution in [3.8, 4) is 0 Å². The molecule has 2 rings (SSSR count). The van der Waals surface area contributed by atoms with Gasteiger partial charge in [-0.25, -0.2) is 8.42 Å². The Morgan fingerprint density at radius 1 is 1.00 bits per heavy atom. The fourth-order valence-corrected chi connectivity index (χ4v) is 3.32. The van der Waals surface area contributed by atoms with Gasteiger partial charge in [0.05, 0.1) is 15.1 Å².